The lowest BCUT2D eigenvalue weighted by atomic mass is 10.1. The van der Waals surface area contributed by atoms with Crippen LogP contribution in [0.1, 0.15) is 25.7 Å². The first-order chi connectivity index (χ1) is 6.39. The van der Waals surface area contributed by atoms with Crippen LogP contribution in [0, 0.1) is 0 Å². The lowest BCUT2D eigenvalue weighted by Crippen LogP contribution is -2.41. The van der Waals surface area contributed by atoms with Gasteiger partial charge in [0, 0.05) is 13.1 Å². The fourth-order valence-electron chi connectivity index (χ4n) is 1.34. The highest BCUT2D eigenvalue weighted by molar-refractivity contribution is 4.85. The van der Waals surface area contributed by atoms with Crippen molar-refractivity contribution in [2.24, 2.45) is 5.84 Å². The average Bonchev–Trinajstić information content (AvgIpc) is 2.22. The van der Waals surface area contributed by atoms with Gasteiger partial charge in [0.2, 0.25) is 0 Å². The predicted molar refractivity (Wildman–Crippen MR) is 54.2 cm³/mol. The van der Waals surface area contributed by atoms with E-state index in [4.69, 9.17) is 10.6 Å². The van der Waals surface area contributed by atoms with Crippen molar-refractivity contribution in [3.8, 4) is 0 Å². The van der Waals surface area contributed by atoms with E-state index in [0.717, 1.165) is 26.3 Å². The van der Waals surface area contributed by atoms with E-state index >= 15 is 0 Å². The van der Waals surface area contributed by atoms with Gasteiger partial charge in [0.25, 0.3) is 0 Å². The minimum absolute atomic E-state index is 0.788. The molecule has 0 aromatic carbocycles. The fourth-order valence-corrected chi connectivity index (χ4v) is 1.34. The second kappa shape index (κ2) is 7.06. The smallest absolute Gasteiger partial charge is 0.0608 e. The van der Waals surface area contributed by atoms with Gasteiger partial charge in [-0.05, 0) is 25.7 Å². The molecule has 1 fully saturated rings. The molecule has 0 aromatic rings. The highest BCUT2D eigenvalue weighted by Gasteiger charge is 2.02. The number of ether oxygens (including phenoxy) is 1. The second-order valence-electron chi connectivity index (χ2n) is 3.40. The number of hydrogen-bond acceptors (Lipinski definition) is 3. The number of rotatable bonds is 0. The van der Waals surface area contributed by atoms with Crippen molar-refractivity contribution >= 4 is 0 Å². The maximum atomic E-state index is 5.39. The standard InChI is InChI=1S/C6H10.C4H10N2O/c1-2-4-6-5-3-1;5-6-1-3-7-4-2-6/h1-2H,3-6H2;1-5H2. The minimum atomic E-state index is 0.788. The largest absolute Gasteiger partial charge is 0.379 e. The Morgan fingerprint density at radius 1 is 1.00 bits per heavy atom. The van der Waals surface area contributed by atoms with Crippen LogP contribution in [0.5, 0.6) is 0 Å². The van der Waals surface area contributed by atoms with Crippen LogP contribution >= 0.6 is 0 Å². The maximum absolute atomic E-state index is 5.39. The van der Waals surface area contributed by atoms with Gasteiger partial charge in [-0.3, -0.25) is 5.84 Å². The summed E-state index contributed by atoms with van der Waals surface area (Å²) in [5.74, 6) is 5.39. The number of hydrogen-bond donors (Lipinski definition) is 1. The van der Waals surface area contributed by atoms with Crippen LogP contribution < -0.4 is 5.84 Å². The molecule has 2 rings (SSSR count). The Balaban J connectivity index is 0.000000132. The van der Waals surface area contributed by atoms with Gasteiger partial charge in [-0.25, -0.2) is 5.01 Å². The molecule has 0 spiro atoms. The Morgan fingerprint density at radius 2 is 1.54 bits per heavy atom. The molecule has 0 atom stereocenters. The van der Waals surface area contributed by atoms with Gasteiger partial charge in [0.05, 0.1) is 13.2 Å². The van der Waals surface area contributed by atoms with E-state index in [-0.39, 0.29) is 0 Å². The van der Waals surface area contributed by atoms with Gasteiger partial charge in [-0.2, -0.15) is 0 Å². The molecule has 0 unspecified atom stereocenters. The van der Waals surface area contributed by atoms with E-state index in [2.05, 4.69) is 12.2 Å². The van der Waals surface area contributed by atoms with Crippen molar-refractivity contribution in [3.63, 3.8) is 0 Å². The molecular weight excluding hydrogens is 164 g/mol. The van der Waals surface area contributed by atoms with Crippen LogP contribution in [0.15, 0.2) is 12.2 Å². The van der Waals surface area contributed by atoms with Crippen LogP contribution in [0.4, 0.5) is 0 Å². The van der Waals surface area contributed by atoms with Gasteiger partial charge in [-0.15, -0.1) is 0 Å². The molecule has 3 nitrogen and oxygen atoms in total. The fraction of sp³-hybridized carbons (Fsp3) is 0.800. The number of nitrogens with two attached hydrogens (primary N) is 1. The Labute approximate surface area is 80.5 Å². The molecular formula is C10H20N2O. The highest BCUT2D eigenvalue weighted by atomic mass is 16.5. The summed E-state index contributed by atoms with van der Waals surface area (Å²) >= 11 is 0. The van der Waals surface area contributed by atoms with E-state index < -0.39 is 0 Å². The lowest BCUT2D eigenvalue weighted by Gasteiger charge is -2.20. The normalized spacial score (nSPS) is 23.5. The second-order valence-corrected chi connectivity index (χ2v) is 3.40. The first-order valence-corrected chi connectivity index (χ1v) is 5.12. The van der Waals surface area contributed by atoms with Crippen LogP contribution in [0.2, 0.25) is 0 Å². The molecule has 2 N–H and O–H groups in total. The molecule has 2 aliphatic rings. The van der Waals surface area contributed by atoms with Crippen LogP contribution in [0.25, 0.3) is 0 Å². The topological polar surface area (TPSA) is 38.5 Å². The Hall–Kier alpha value is -0.380. The van der Waals surface area contributed by atoms with E-state index in [1.165, 1.54) is 25.7 Å². The van der Waals surface area contributed by atoms with Crippen LogP contribution in [0.3, 0.4) is 0 Å². The van der Waals surface area contributed by atoms with Crippen molar-refractivity contribution in [1.82, 2.24) is 5.01 Å². The number of morpholine rings is 1. The summed E-state index contributed by atoms with van der Waals surface area (Å²) in [7, 11) is 0. The lowest BCUT2D eigenvalue weighted by molar-refractivity contribution is 0.0378. The van der Waals surface area contributed by atoms with Crippen molar-refractivity contribution in [3.05, 3.63) is 12.2 Å². The molecule has 1 aliphatic carbocycles. The van der Waals surface area contributed by atoms with E-state index in [0.29, 0.717) is 0 Å². The van der Waals surface area contributed by atoms with E-state index in [9.17, 15) is 0 Å². The summed E-state index contributed by atoms with van der Waals surface area (Å²) in [5, 5.41) is 1.77. The molecule has 0 amide bonds. The summed E-state index contributed by atoms with van der Waals surface area (Å²) in [6.07, 6.45) is 10.0. The number of nitrogens with zero attached hydrogens (tertiary/aromatic N) is 1. The molecule has 1 saturated heterocycles. The molecule has 13 heavy (non-hydrogen) atoms. The van der Waals surface area contributed by atoms with Crippen molar-refractivity contribution in [2.45, 2.75) is 25.7 Å². The SMILES string of the molecule is C1=CCCCC1.NN1CCOCC1. The van der Waals surface area contributed by atoms with Crippen LogP contribution in [-0.2, 0) is 4.74 Å². The molecule has 76 valence electrons. The summed E-state index contributed by atoms with van der Waals surface area (Å²) in [6, 6.07) is 0. The Kier molecular flexibility index (Phi) is 5.81. The molecule has 0 radical (unpaired) electrons. The molecule has 0 saturated carbocycles. The summed E-state index contributed by atoms with van der Waals surface area (Å²) in [4.78, 5) is 0. The third-order valence-corrected chi connectivity index (χ3v) is 2.20. The Bertz CT molecular complexity index is 134. The van der Waals surface area contributed by atoms with Crippen molar-refractivity contribution in [2.75, 3.05) is 26.3 Å². The molecule has 0 aromatic heterocycles. The number of allylic oxidation sites excluding steroid dienone is 2. The highest BCUT2D eigenvalue weighted by Crippen LogP contribution is 2.07. The zero-order chi connectivity index (χ0) is 9.36. The molecule has 0 bridgehead atoms. The predicted octanol–water partition coefficient (Wildman–Crippen LogP) is 1.31. The van der Waals surface area contributed by atoms with Crippen LogP contribution in [-0.4, -0.2) is 31.3 Å². The quantitative estimate of drug-likeness (QED) is 0.455. The summed E-state index contributed by atoms with van der Waals surface area (Å²) in [6.45, 7) is 3.33. The summed E-state index contributed by atoms with van der Waals surface area (Å²) in [5.41, 5.74) is 0. The van der Waals surface area contributed by atoms with E-state index in [1.807, 2.05) is 0 Å². The van der Waals surface area contributed by atoms with E-state index in [1.54, 1.807) is 5.01 Å². The van der Waals surface area contributed by atoms with Gasteiger partial charge < -0.3 is 4.74 Å². The Morgan fingerprint density at radius 3 is 1.77 bits per heavy atom. The first-order valence-electron chi connectivity index (χ1n) is 5.12. The van der Waals surface area contributed by atoms with Gasteiger partial charge >= 0.3 is 0 Å². The summed E-state index contributed by atoms with van der Waals surface area (Å²) < 4.78 is 5.02. The zero-order valence-electron chi connectivity index (χ0n) is 8.24. The van der Waals surface area contributed by atoms with Gasteiger partial charge in [-0.1, -0.05) is 12.2 Å². The van der Waals surface area contributed by atoms with Gasteiger partial charge in [0.1, 0.15) is 0 Å². The first kappa shape index (κ1) is 10.7. The monoisotopic (exact) mass is 184 g/mol. The maximum Gasteiger partial charge on any atom is 0.0608 e. The third kappa shape index (κ3) is 5.80. The number of hydrazine groups is 1. The van der Waals surface area contributed by atoms with Crippen molar-refractivity contribution in [1.29, 1.82) is 0 Å². The van der Waals surface area contributed by atoms with Crippen molar-refractivity contribution < 1.29 is 4.74 Å². The van der Waals surface area contributed by atoms with Gasteiger partial charge in [0.15, 0.2) is 0 Å². The zero-order valence-corrected chi connectivity index (χ0v) is 8.24. The molecule has 1 aliphatic heterocycles. The molecule has 1 heterocycles. The molecule has 3 heteroatoms. The minimum Gasteiger partial charge on any atom is -0.379 e. The average molecular weight is 184 g/mol. The third-order valence-electron chi connectivity index (χ3n) is 2.20.